The first kappa shape index (κ1) is 16.9. The molecule has 0 aromatic carbocycles. The van der Waals surface area contributed by atoms with E-state index in [0.29, 0.717) is 19.0 Å². The first-order valence-corrected chi connectivity index (χ1v) is 7.93. The highest BCUT2D eigenvalue weighted by Crippen LogP contribution is 2.18. The summed E-state index contributed by atoms with van der Waals surface area (Å²) in [6, 6.07) is 0.529. The molecule has 0 aliphatic carbocycles. The van der Waals surface area contributed by atoms with Crippen molar-refractivity contribution < 1.29 is 4.79 Å². The Morgan fingerprint density at radius 2 is 2.14 bits per heavy atom. The van der Waals surface area contributed by atoms with Crippen LogP contribution in [-0.4, -0.2) is 77.3 Å². The molecule has 1 saturated heterocycles. The van der Waals surface area contributed by atoms with Crippen LogP contribution >= 0.6 is 0 Å². The quantitative estimate of drug-likeness (QED) is 0.812. The predicted molar refractivity (Wildman–Crippen MR) is 85.4 cm³/mol. The van der Waals surface area contributed by atoms with Crippen molar-refractivity contribution in [3.63, 3.8) is 0 Å². The molecule has 2 atom stereocenters. The summed E-state index contributed by atoms with van der Waals surface area (Å²) in [4.78, 5) is 21.1. The minimum absolute atomic E-state index is 0.0782. The zero-order chi connectivity index (χ0) is 16.1. The Bertz CT molecular complexity index is 486. The summed E-state index contributed by atoms with van der Waals surface area (Å²) >= 11 is 0. The number of likely N-dealkylation sites (N-methyl/N-ethyl adjacent to an activating group) is 2. The molecule has 7 heteroatoms. The highest BCUT2D eigenvalue weighted by Gasteiger charge is 2.27. The topological polar surface area (TPSA) is 66.3 Å². The van der Waals surface area contributed by atoms with Gasteiger partial charge in [0.25, 0.3) is 0 Å². The van der Waals surface area contributed by atoms with Crippen LogP contribution in [0.25, 0.3) is 0 Å². The van der Waals surface area contributed by atoms with Crippen molar-refractivity contribution in [1.82, 2.24) is 29.9 Å². The number of rotatable bonds is 5. The molecule has 0 saturated carbocycles. The molecule has 0 spiro atoms. The third kappa shape index (κ3) is 4.51. The average Bonchev–Trinajstić information content (AvgIpc) is 2.75. The number of nitrogens with one attached hydrogen (secondary N) is 1. The maximum absolute atomic E-state index is 12.4. The number of likely N-dealkylation sites (tertiary alicyclic amines) is 1. The van der Waals surface area contributed by atoms with Crippen LogP contribution in [0.15, 0.2) is 6.33 Å². The lowest BCUT2D eigenvalue weighted by Gasteiger charge is -2.25. The lowest BCUT2D eigenvalue weighted by molar-refractivity contribution is -0.125. The minimum atomic E-state index is 0.0782. The molecule has 22 heavy (non-hydrogen) atoms. The number of hydrogen-bond donors (Lipinski definition) is 1. The Morgan fingerprint density at radius 3 is 2.77 bits per heavy atom. The van der Waals surface area contributed by atoms with E-state index in [9.17, 15) is 4.79 Å². The Kier molecular flexibility index (Phi) is 5.90. The largest absolute Gasteiger partial charge is 0.355 e. The monoisotopic (exact) mass is 308 g/mol. The molecule has 0 unspecified atom stereocenters. The van der Waals surface area contributed by atoms with Gasteiger partial charge < -0.3 is 15.1 Å². The highest BCUT2D eigenvalue weighted by atomic mass is 16.1. The van der Waals surface area contributed by atoms with E-state index in [0.717, 1.165) is 31.8 Å². The predicted octanol–water partition coefficient (Wildman–Crippen LogP) is -0.254. The van der Waals surface area contributed by atoms with Crippen molar-refractivity contribution in [2.75, 3.05) is 40.8 Å². The molecule has 1 aliphatic heterocycles. The number of nitrogens with zero attached hydrogens (tertiary/aromatic N) is 5. The molecule has 1 aliphatic rings. The van der Waals surface area contributed by atoms with Gasteiger partial charge in [-0.2, -0.15) is 5.10 Å². The van der Waals surface area contributed by atoms with Crippen LogP contribution in [0, 0.1) is 5.92 Å². The van der Waals surface area contributed by atoms with Gasteiger partial charge in [-0.05, 0) is 34.0 Å². The molecular formula is C15H28N6O. The summed E-state index contributed by atoms with van der Waals surface area (Å²) in [7, 11) is 8.19. The highest BCUT2D eigenvalue weighted by molar-refractivity contribution is 5.78. The van der Waals surface area contributed by atoms with Crippen LogP contribution in [0.4, 0.5) is 0 Å². The van der Waals surface area contributed by atoms with E-state index in [2.05, 4.69) is 46.3 Å². The van der Waals surface area contributed by atoms with Gasteiger partial charge >= 0.3 is 0 Å². The second-order valence-electron chi connectivity index (χ2n) is 6.45. The molecule has 1 fully saturated rings. The normalized spacial score (nSPS) is 23.5. The molecule has 7 nitrogen and oxygen atoms in total. The van der Waals surface area contributed by atoms with Crippen molar-refractivity contribution in [3.8, 4) is 0 Å². The summed E-state index contributed by atoms with van der Waals surface area (Å²) in [5.41, 5.74) is 0. The molecule has 124 valence electrons. The van der Waals surface area contributed by atoms with Gasteiger partial charge in [-0.1, -0.05) is 0 Å². The molecule has 1 amide bonds. The molecule has 0 radical (unpaired) electrons. The van der Waals surface area contributed by atoms with Gasteiger partial charge in [0, 0.05) is 39.1 Å². The van der Waals surface area contributed by atoms with Gasteiger partial charge in [-0.25, -0.2) is 4.98 Å². The van der Waals surface area contributed by atoms with Crippen molar-refractivity contribution in [2.45, 2.75) is 25.3 Å². The summed E-state index contributed by atoms with van der Waals surface area (Å²) in [5, 5.41) is 7.08. The third-order valence-electron chi connectivity index (χ3n) is 4.46. The van der Waals surface area contributed by atoms with Crippen LogP contribution in [0.5, 0.6) is 0 Å². The Hall–Kier alpha value is -1.47. The Morgan fingerprint density at radius 1 is 1.36 bits per heavy atom. The molecular weight excluding hydrogens is 280 g/mol. The van der Waals surface area contributed by atoms with Crippen molar-refractivity contribution >= 4 is 5.91 Å². The zero-order valence-electron chi connectivity index (χ0n) is 14.1. The number of amides is 1. The maximum atomic E-state index is 12.4. The lowest BCUT2D eigenvalue weighted by atomic mass is 10.0. The van der Waals surface area contributed by atoms with E-state index in [1.54, 1.807) is 11.0 Å². The summed E-state index contributed by atoms with van der Waals surface area (Å²) in [5.74, 6) is 1.13. The fraction of sp³-hybridized carbons (Fsp3) is 0.800. The summed E-state index contributed by atoms with van der Waals surface area (Å²) in [6.07, 6.45) is 4.27. The average molecular weight is 308 g/mol. The van der Waals surface area contributed by atoms with Gasteiger partial charge in [0.1, 0.15) is 12.2 Å². The van der Waals surface area contributed by atoms with Crippen LogP contribution in [0.2, 0.25) is 0 Å². The van der Waals surface area contributed by atoms with Crippen molar-refractivity contribution in [2.24, 2.45) is 13.0 Å². The number of carbonyl (C=O) groups excluding carboxylic acids is 1. The smallest absolute Gasteiger partial charge is 0.224 e. The van der Waals surface area contributed by atoms with Crippen LogP contribution in [0.3, 0.4) is 0 Å². The van der Waals surface area contributed by atoms with Crippen LogP contribution in [-0.2, 0) is 18.3 Å². The second kappa shape index (κ2) is 7.69. The number of aryl methyl sites for hydroxylation is 1. The lowest BCUT2D eigenvalue weighted by Crippen LogP contribution is -2.39. The van der Waals surface area contributed by atoms with Crippen molar-refractivity contribution in [3.05, 3.63) is 12.2 Å². The SMILES string of the molecule is CN1C[C@H](C(=O)NCCc2ncnn2C)CC[C@H](N(C)C)C1. The minimum Gasteiger partial charge on any atom is -0.355 e. The van der Waals surface area contributed by atoms with Crippen LogP contribution < -0.4 is 5.32 Å². The molecule has 2 rings (SSSR count). The first-order chi connectivity index (χ1) is 10.5. The van der Waals surface area contributed by atoms with Crippen molar-refractivity contribution in [1.29, 1.82) is 0 Å². The van der Waals surface area contributed by atoms with Gasteiger partial charge in [0.2, 0.25) is 5.91 Å². The molecule has 1 aromatic heterocycles. The summed E-state index contributed by atoms with van der Waals surface area (Å²) in [6.45, 7) is 2.47. The zero-order valence-corrected chi connectivity index (χ0v) is 14.1. The third-order valence-corrected chi connectivity index (χ3v) is 4.46. The number of hydrogen-bond acceptors (Lipinski definition) is 5. The second-order valence-corrected chi connectivity index (χ2v) is 6.45. The number of aromatic nitrogens is 3. The Balaban J connectivity index is 1.80. The van der Waals surface area contributed by atoms with Gasteiger partial charge in [0.15, 0.2) is 0 Å². The molecule has 2 heterocycles. The fourth-order valence-electron chi connectivity index (χ4n) is 3.01. The number of carbonyl (C=O) groups is 1. The van der Waals surface area contributed by atoms with E-state index in [4.69, 9.17) is 0 Å². The molecule has 1 aromatic rings. The maximum Gasteiger partial charge on any atom is 0.224 e. The van der Waals surface area contributed by atoms with E-state index in [1.165, 1.54) is 0 Å². The van der Waals surface area contributed by atoms with Gasteiger partial charge in [0.05, 0.1) is 5.92 Å². The van der Waals surface area contributed by atoms with E-state index in [1.807, 2.05) is 7.05 Å². The van der Waals surface area contributed by atoms with Crippen LogP contribution in [0.1, 0.15) is 18.7 Å². The van der Waals surface area contributed by atoms with E-state index < -0.39 is 0 Å². The standard InChI is InChI=1S/C15H28N6O/c1-19(2)13-6-5-12(9-20(3)10-13)15(22)16-8-7-14-17-11-18-21(14)4/h11-13H,5-10H2,1-4H3,(H,16,22)/t12-,13+/m1/s1. The fourth-order valence-corrected chi connectivity index (χ4v) is 3.01. The molecule has 1 N–H and O–H groups in total. The summed E-state index contributed by atoms with van der Waals surface area (Å²) < 4.78 is 1.74. The first-order valence-electron chi connectivity index (χ1n) is 7.93. The van der Waals surface area contributed by atoms with Gasteiger partial charge in [-0.3, -0.25) is 9.48 Å². The Labute approximate surface area is 132 Å². The van der Waals surface area contributed by atoms with E-state index >= 15 is 0 Å². The van der Waals surface area contributed by atoms with E-state index in [-0.39, 0.29) is 11.8 Å². The van der Waals surface area contributed by atoms with Gasteiger partial charge in [-0.15, -0.1) is 0 Å². The molecule has 0 bridgehead atoms.